The molecule has 1 aromatic heterocycles. The maximum atomic E-state index is 12.0. The Morgan fingerprint density at radius 3 is 2.65 bits per heavy atom. The zero-order valence-electron chi connectivity index (χ0n) is 13.3. The van der Waals surface area contributed by atoms with Crippen LogP contribution in [0.15, 0.2) is 48.6 Å². The maximum absolute atomic E-state index is 12.0. The van der Waals surface area contributed by atoms with Crippen LogP contribution in [0.3, 0.4) is 0 Å². The molecular weight excluding hydrogens is 290 g/mol. The first-order valence-corrected chi connectivity index (χ1v) is 7.59. The van der Waals surface area contributed by atoms with Crippen molar-refractivity contribution in [2.45, 2.75) is 27.0 Å². The fraction of sp³-hybridized carbons (Fsp3) is 0.211. The average molecular weight is 309 g/mol. The van der Waals surface area contributed by atoms with E-state index in [0.29, 0.717) is 16.9 Å². The molecule has 2 aromatic carbocycles. The molecule has 0 fully saturated rings. The van der Waals surface area contributed by atoms with Crippen LogP contribution in [-0.4, -0.2) is 15.6 Å². The first kappa shape index (κ1) is 15.3. The molecule has 0 unspecified atom stereocenters. The second kappa shape index (κ2) is 5.89. The molecule has 23 heavy (non-hydrogen) atoms. The molecule has 0 saturated heterocycles. The molecule has 4 nitrogen and oxygen atoms in total. The Morgan fingerprint density at radius 2 is 2.00 bits per heavy atom. The van der Waals surface area contributed by atoms with Gasteiger partial charge in [0.15, 0.2) is 5.75 Å². The van der Waals surface area contributed by atoms with Gasteiger partial charge >= 0.3 is 5.97 Å². The monoisotopic (exact) mass is 309 g/mol. The van der Waals surface area contributed by atoms with Gasteiger partial charge in [-0.05, 0) is 37.6 Å². The number of fused-ring (bicyclic) bond motifs is 3. The Balaban J connectivity index is 2.37. The van der Waals surface area contributed by atoms with Crippen LogP contribution in [0.5, 0.6) is 5.75 Å². The highest BCUT2D eigenvalue weighted by molar-refractivity contribution is 6.11. The van der Waals surface area contributed by atoms with Gasteiger partial charge in [0.2, 0.25) is 0 Å². The van der Waals surface area contributed by atoms with Crippen LogP contribution in [0.25, 0.3) is 21.8 Å². The summed E-state index contributed by atoms with van der Waals surface area (Å²) < 4.78 is 7.65. The van der Waals surface area contributed by atoms with Crippen molar-refractivity contribution in [3.05, 3.63) is 54.1 Å². The minimum absolute atomic E-state index is 0.112. The number of hydrogen-bond acceptors (Lipinski definition) is 3. The van der Waals surface area contributed by atoms with Crippen LogP contribution in [0, 0.1) is 0 Å². The predicted octanol–water partition coefficient (Wildman–Crippen LogP) is 3.79. The summed E-state index contributed by atoms with van der Waals surface area (Å²) in [6, 6.07) is 11.7. The second-order valence-electron chi connectivity index (χ2n) is 5.58. The molecule has 0 spiro atoms. The number of hydrogen-bond donors (Lipinski definition) is 1. The van der Waals surface area contributed by atoms with E-state index < -0.39 is 5.97 Å². The Kier molecular flexibility index (Phi) is 3.92. The van der Waals surface area contributed by atoms with E-state index in [2.05, 4.69) is 18.1 Å². The summed E-state index contributed by atoms with van der Waals surface area (Å²) in [7, 11) is 0. The highest BCUT2D eigenvalue weighted by atomic mass is 16.5. The third kappa shape index (κ3) is 2.51. The van der Waals surface area contributed by atoms with Crippen LogP contribution in [0.1, 0.15) is 19.4 Å². The summed E-state index contributed by atoms with van der Waals surface area (Å²) in [6.07, 6.45) is 0. The maximum Gasteiger partial charge on any atom is 0.338 e. The zero-order chi connectivity index (χ0) is 16.6. The average Bonchev–Trinajstić information content (AvgIpc) is 2.88. The fourth-order valence-corrected chi connectivity index (χ4v) is 2.89. The third-order valence-corrected chi connectivity index (χ3v) is 3.94. The number of para-hydroxylation sites is 1. The number of carbonyl (C=O) groups is 1. The Hall–Kier alpha value is -2.59. The van der Waals surface area contributed by atoms with Crippen molar-refractivity contribution >= 4 is 27.8 Å². The molecule has 0 aliphatic carbocycles. The topological polar surface area (TPSA) is 51.5 Å². The Bertz CT molecular complexity index is 921. The zero-order valence-corrected chi connectivity index (χ0v) is 13.3. The van der Waals surface area contributed by atoms with E-state index in [-0.39, 0.29) is 6.61 Å². The second-order valence-corrected chi connectivity index (χ2v) is 5.58. The summed E-state index contributed by atoms with van der Waals surface area (Å²) in [5.41, 5.74) is 2.99. The lowest BCUT2D eigenvalue weighted by atomic mass is 10.1. The SMILES string of the molecule is C=C(C)C(=O)Oc1cc(CO)cc2c3ccccc3n(CC)c12. The van der Waals surface area contributed by atoms with Crippen LogP contribution >= 0.6 is 0 Å². The van der Waals surface area contributed by atoms with Gasteiger partial charge in [0.1, 0.15) is 0 Å². The minimum Gasteiger partial charge on any atom is -0.421 e. The van der Waals surface area contributed by atoms with Gasteiger partial charge in [0, 0.05) is 28.4 Å². The number of aliphatic hydroxyl groups excluding tert-OH is 1. The van der Waals surface area contributed by atoms with E-state index in [9.17, 15) is 9.90 Å². The molecule has 3 aromatic rings. The quantitative estimate of drug-likeness (QED) is 0.453. The number of aryl methyl sites for hydroxylation is 1. The van der Waals surface area contributed by atoms with Crippen molar-refractivity contribution in [3.8, 4) is 5.75 Å². The summed E-state index contributed by atoms with van der Waals surface area (Å²) in [5, 5.41) is 11.6. The molecular formula is C19H19NO3. The standard InChI is InChI=1S/C19H19NO3/c1-4-20-16-8-6-5-7-14(16)15-9-13(11-21)10-17(18(15)20)23-19(22)12(2)3/h5-10,21H,2,4,11H2,1,3H3. The van der Waals surface area contributed by atoms with Crippen LogP contribution in [0.4, 0.5) is 0 Å². The number of rotatable bonds is 4. The van der Waals surface area contributed by atoms with Gasteiger partial charge in [-0.2, -0.15) is 0 Å². The molecule has 118 valence electrons. The van der Waals surface area contributed by atoms with Gasteiger partial charge in [-0.15, -0.1) is 0 Å². The largest absolute Gasteiger partial charge is 0.421 e. The van der Waals surface area contributed by atoms with Gasteiger partial charge in [0.05, 0.1) is 12.1 Å². The van der Waals surface area contributed by atoms with E-state index in [1.165, 1.54) is 0 Å². The third-order valence-electron chi connectivity index (χ3n) is 3.94. The smallest absolute Gasteiger partial charge is 0.338 e. The van der Waals surface area contributed by atoms with Crippen LogP contribution in [0.2, 0.25) is 0 Å². The number of aromatic nitrogens is 1. The van der Waals surface area contributed by atoms with Crippen molar-refractivity contribution < 1.29 is 14.6 Å². The van der Waals surface area contributed by atoms with Gasteiger partial charge < -0.3 is 14.4 Å². The first-order valence-electron chi connectivity index (χ1n) is 7.59. The van der Waals surface area contributed by atoms with Gasteiger partial charge in [-0.1, -0.05) is 24.8 Å². The molecule has 0 amide bonds. The van der Waals surface area contributed by atoms with E-state index in [4.69, 9.17) is 4.74 Å². The molecule has 1 N–H and O–H groups in total. The van der Waals surface area contributed by atoms with Crippen LogP contribution < -0.4 is 4.74 Å². The number of nitrogens with zero attached hydrogens (tertiary/aromatic N) is 1. The van der Waals surface area contributed by atoms with E-state index in [1.807, 2.05) is 30.3 Å². The Labute approximate surface area is 134 Å². The van der Waals surface area contributed by atoms with Crippen LogP contribution in [-0.2, 0) is 17.9 Å². The number of esters is 1. The molecule has 4 heteroatoms. The lowest BCUT2D eigenvalue weighted by Gasteiger charge is -2.11. The molecule has 0 atom stereocenters. The Morgan fingerprint density at radius 1 is 1.26 bits per heavy atom. The first-order chi connectivity index (χ1) is 11.1. The van der Waals surface area contributed by atoms with Gasteiger partial charge in [0.25, 0.3) is 0 Å². The van der Waals surface area contributed by atoms with E-state index in [0.717, 1.165) is 28.4 Å². The lowest BCUT2D eigenvalue weighted by Crippen LogP contribution is -2.10. The molecule has 0 bridgehead atoms. The summed E-state index contributed by atoms with van der Waals surface area (Å²) >= 11 is 0. The van der Waals surface area contributed by atoms with Crippen molar-refractivity contribution in [1.29, 1.82) is 0 Å². The van der Waals surface area contributed by atoms with Crippen molar-refractivity contribution in [1.82, 2.24) is 4.57 Å². The predicted molar refractivity (Wildman–Crippen MR) is 91.5 cm³/mol. The lowest BCUT2D eigenvalue weighted by molar-refractivity contribution is -0.130. The van der Waals surface area contributed by atoms with Crippen molar-refractivity contribution in [2.75, 3.05) is 0 Å². The molecule has 0 radical (unpaired) electrons. The number of ether oxygens (including phenoxy) is 1. The minimum atomic E-state index is -0.464. The van der Waals surface area contributed by atoms with Crippen molar-refractivity contribution in [2.24, 2.45) is 0 Å². The summed E-state index contributed by atoms with van der Waals surface area (Å²) in [5.74, 6) is -0.00750. The molecule has 1 heterocycles. The van der Waals surface area contributed by atoms with Crippen molar-refractivity contribution in [3.63, 3.8) is 0 Å². The van der Waals surface area contributed by atoms with Gasteiger partial charge in [-0.25, -0.2) is 4.79 Å². The number of benzene rings is 2. The van der Waals surface area contributed by atoms with Gasteiger partial charge in [-0.3, -0.25) is 0 Å². The highest BCUT2D eigenvalue weighted by Gasteiger charge is 2.17. The van der Waals surface area contributed by atoms with E-state index >= 15 is 0 Å². The fourth-order valence-electron chi connectivity index (χ4n) is 2.89. The number of aliphatic hydroxyl groups is 1. The normalized spacial score (nSPS) is 11.1. The summed E-state index contributed by atoms with van der Waals surface area (Å²) in [4.78, 5) is 12.0. The van der Waals surface area contributed by atoms with E-state index in [1.54, 1.807) is 13.0 Å². The highest BCUT2D eigenvalue weighted by Crippen LogP contribution is 2.36. The molecule has 0 aliphatic rings. The summed E-state index contributed by atoms with van der Waals surface area (Å²) in [6.45, 7) is 7.93. The molecule has 0 saturated carbocycles. The molecule has 0 aliphatic heterocycles. The number of carbonyl (C=O) groups excluding carboxylic acids is 1. The molecule has 3 rings (SSSR count).